The molecule has 25 heavy (non-hydrogen) atoms. The summed E-state index contributed by atoms with van der Waals surface area (Å²) < 4.78 is 0. The molecule has 1 aromatic carbocycles. The van der Waals surface area contributed by atoms with Gasteiger partial charge in [-0.15, -0.1) is 0 Å². The molecule has 1 aliphatic carbocycles. The number of carbonyl (C=O) groups is 1. The van der Waals surface area contributed by atoms with Gasteiger partial charge in [0.2, 0.25) is 5.91 Å². The molecule has 1 saturated heterocycles. The molecular formula is C22H33NO2. The summed E-state index contributed by atoms with van der Waals surface area (Å²) in [7, 11) is 0. The number of carbonyl (C=O) groups excluding carboxylic acids is 1. The van der Waals surface area contributed by atoms with Crippen LogP contribution in [0.1, 0.15) is 71.8 Å². The van der Waals surface area contributed by atoms with Crippen LogP contribution in [-0.4, -0.2) is 23.7 Å². The van der Waals surface area contributed by atoms with E-state index in [1.54, 1.807) is 0 Å². The highest BCUT2D eigenvalue weighted by molar-refractivity contribution is 6.00. The van der Waals surface area contributed by atoms with E-state index in [9.17, 15) is 9.90 Å². The quantitative estimate of drug-likeness (QED) is 0.866. The Hall–Kier alpha value is -1.35. The molecule has 1 aromatic rings. The van der Waals surface area contributed by atoms with Crippen molar-refractivity contribution < 1.29 is 9.90 Å². The van der Waals surface area contributed by atoms with Crippen molar-refractivity contribution in [1.82, 2.24) is 0 Å². The Morgan fingerprint density at radius 1 is 1.16 bits per heavy atom. The van der Waals surface area contributed by atoms with Gasteiger partial charge in [0, 0.05) is 12.2 Å². The summed E-state index contributed by atoms with van der Waals surface area (Å²) >= 11 is 0. The Morgan fingerprint density at radius 2 is 1.76 bits per heavy atom. The van der Waals surface area contributed by atoms with E-state index in [2.05, 4.69) is 45.0 Å². The first kappa shape index (κ1) is 18.4. The summed E-state index contributed by atoms with van der Waals surface area (Å²) in [4.78, 5) is 15.2. The number of anilines is 1. The van der Waals surface area contributed by atoms with Gasteiger partial charge in [-0.2, -0.15) is 0 Å². The summed E-state index contributed by atoms with van der Waals surface area (Å²) in [5.41, 5.74) is 2.29. The Labute approximate surface area is 152 Å². The molecule has 2 fully saturated rings. The monoisotopic (exact) mass is 343 g/mol. The van der Waals surface area contributed by atoms with E-state index >= 15 is 0 Å². The van der Waals surface area contributed by atoms with Crippen LogP contribution in [0.15, 0.2) is 24.3 Å². The van der Waals surface area contributed by atoms with Crippen molar-refractivity contribution in [1.29, 1.82) is 0 Å². The molecule has 1 N–H and O–H groups in total. The number of nitrogens with zero attached hydrogens (tertiary/aromatic N) is 1. The second kappa shape index (κ2) is 6.75. The summed E-state index contributed by atoms with van der Waals surface area (Å²) in [5, 5.41) is 10.1. The summed E-state index contributed by atoms with van der Waals surface area (Å²) in [5.74, 6) is 0.684. The second-order valence-corrected chi connectivity index (χ2v) is 9.10. The number of hydrogen-bond acceptors (Lipinski definition) is 2. The van der Waals surface area contributed by atoms with Gasteiger partial charge in [0.05, 0.1) is 11.5 Å². The largest absolute Gasteiger partial charge is 0.393 e. The van der Waals surface area contributed by atoms with Crippen LogP contribution in [0, 0.1) is 11.3 Å². The van der Waals surface area contributed by atoms with Crippen molar-refractivity contribution >= 4 is 11.6 Å². The lowest BCUT2D eigenvalue weighted by molar-refractivity contribution is -0.128. The molecule has 1 atom stereocenters. The molecule has 0 radical (unpaired) electrons. The molecule has 3 heteroatoms. The van der Waals surface area contributed by atoms with Crippen LogP contribution in [0.5, 0.6) is 0 Å². The lowest BCUT2D eigenvalue weighted by Gasteiger charge is -2.37. The fourth-order valence-electron chi connectivity index (χ4n) is 4.58. The van der Waals surface area contributed by atoms with Gasteiger partial charge < -0.3 is 10.0 Å². The van der Waals surface area contributed by atoms with Gasteiger partial charge in [0.15, 0.2) is 0 Å². The molecule has 2 aliphatic rings. The minimum absolute atomic E-state index is 0.132. The molecule has 1 amide bonds. The van der Waals surface area contributed by atoms with E-state index in [4.69, 9.17) is 0 Å². The highest BCUT2D eigenvalue weighted by atomic mass is 16.3. The maximum atomic E-state index is 13.2. The summed E-state index contributed by atoms with van der Waals surface area (Å²) in [6.45, 7) is 9.50. The minimum Gasteiger partial charge on any atom is -0.393 e. The van der Waals surface area contributed by atoms with Crippen LogP contribution in [0.25, 0.3) is 0 Å². The fraction of sp³-hybridized carbons (Fsp3) is 0.682. The van der Waals surface area contributed by atoms with Gasteiger partial charge in [-0.05, 0) is 67.6 Å². The van der Waals surface area contributed by atoms with Crippen molar-refractivity contribution in [2.24, 2.45) is 11.3 Å². The second-order valence-electron chi connectivity index (χ2n) is 9.10. The van der Waals surface area contributed by atoms with Crippen molar-refractivity contribution in [3.05, 3.63) is 29.8 Å². The highest BCUT2D eigenvalue weighted by Gasteiger charge is 2.49. The van der Waals surface area contributed by atoms with Gasteiger partial charge in [-0.1, -0.05) is 39.8 Å². The van der Waals surface area contributed by atoms with E-state index < -0.39 is 0 Å². The van der Waals surface area contributed by atoms with E-state index in [1.165, 1.54) is 5.56 Å². The Bertz CT molecular complexity index is 606. The Morgan fingerprint density at radius 3 is 2.28 bits per heavy atom. The summed E-state index contributed by atoms with van der Waals surface area (Å²) in [6.07, 6.45) is 5.41. The predicted molar refractivity (Wildman–Crippen MR) is 103 cm³/mol. The number of benzene rings is 1. The zero-order valence-electron chi connectivity index (χ0n) is 16.2. The van der Waals surface area contributed by atoms with Crippen molar-refractivity contribution in [2.45, 2.75) is 77.7 Å². The first-order valence-corrected chi connectivity index (χ1v) is 9.87. The molecule has 1 spiro atoms. The minimum atomic E-state index is -0.199. The molecule has 1 aliphatic heterocycles. The zero-order valence-corrected chi connectivity index (χ0v) is 16.2. The average molecular weight is 344 g/mol. The van der Waals surface area contributed by atoms with Crippen LogP contribution in [0.2, 0.25) is 0 Å². The third-order valence-electron chi connectivity index (χ3n) is 6.51. The number of rotatable bonds is 3. The molecule has 3 rings (SSSR count). The van der Waals surface area contributed by atoms with Gasteiger partial charge in [-0.25, -0.2) is 0 Å². The smallest absolute Gasteiger partial charge is 0.233 e. The molecule has 0 bridgehead atoms. The van der Waals surface area contributed by atoms with E-state index in [1.807, 2.05) is 11.8 Å². The third kappa shape index (κ3) is 3.48. The number of hydrogen-bond donors (Lipinski definition) is 1. The lowest BCUT2D eigenvalue weighted by atomic mass is 9.68. The molecular weight excluding hydrogens is 310 g/mol. The van der Waals surface area contributed by atoms with Gasteiger partial charge in [0.25, 0.3) is 0 Å². The summed E-state index contributed by atoms with van der Waals surface area (Å²) in [6, 6.07) is 8.51. The van der Waals surface area contributed by atoms with Gasteiger partial charge >= 0.3 is 0 Å². The van der Waals surface area contributed by atoms with Crippen LogP contribution in [0.3, 0.4) is 0 Å². The maximum Gasteiger partial charge on any atom is 0.233 e. The topological polar surface area (TPSA) is 40.5 Å². The van der Waals surface area contributed by atoms with E-state index in [0.29, 0.717) is 11.8 Å². The number of amides is 1. The Kier molecular flexibility index (Phi) is 4.98. The van der Waals surface area contributed by atoms with Crippen LogP contribution < -0.4 is 4.90 Å². The molecule has 0 aromatic heterocycles. The maximum absolute atomic E-state index is 13.2. The standard InChI is InChI=1S/C22H33NO2/c1-5-19(24)16-10-12-22(13-11-16)14-15-23(20(22)25)18-8-6-17(7-9-18)21(2,3)4/h6-9,16,19,24H,5,10-15H2,1-4H3/t16-,19-,22-/m0/s1. The SMILES string of the molecule is CC[C@H](O)[C@H]1CC[C@@]2(CCN(c3ccc(C(C)(C)C)cc3)C2=O)CC1. The normalized spacial score (nSPS) is 28.6. The first-order valence-electron chi connectivity index (χ1n) is 9.87. The predicted octanol–water partition coefficient (Wildman–Crippen LogP) is 4.67. The molecule has 138 valence electrons. The third-order valence-corrected chi connectivity index (χ3v) is 6.51. The molecule has 0 unspecified atom stereocenters. The molecule has 1 saturated carbocycles. The zero-order chi connectivity index (χ0) is 18.2. The number of aliphatic hydroxyl groups is 1. The van der Waals surface area contributed by atoms with Crippen molar-refractivity contribution in [3.63, 3.8) is 0 Å². The molecule has 3 nitrogen and oxygen atoms in total. The van der Waals surface area contributed by atoms with Gasteiger partial charge in [-0.3, -0.25) is 4.79 Å². The van der Waals surface area contributed by atoms with Gasteiger partial charge in [0.1, 0.15) is 0 Å². The van der Waals surface area contributed by atoms with Crippen LogP contribution in [-0.2, 0) is 10.2 Å². The van der Waals surface area contributed by atoms with Crippen molar-refractivity contribution in [2.75, 3.05) is 11.4 Å². The average Bonchev–Trinajstić information content (AvgIpc) is 2.91. The van der Waals surface area contributed by atoms with Crippen LogP contribution >= 0.6 is 0 Å². The number of aliphatic hydroxyl groups excluding tert-OH is 1. The Balaban J connectivity index is 1.70. The highest BCUT2D eigenvalue weighted by Crippen LogP contribution is 2.48. The van der Waals surface area contributed by atoms with E-state index in [-0.39, 0.29) is 16.9 Å². The van der Waals surface area contributed by atoms with Crippen molar-refractivity contribution in [3.8, 4) is 0 Å². The fourth-order valence-corrected chi connectivity index (χ4v) is 4.58. The molecule has 1 heterocycles. The van der Waals surface area contributed by atoms with E-state index in [0.717, 1.165) is 50.8 Å². The lowest BCUT2D eigenvalue weighted by Crippen LogP contribution is -2.39. The van der Waals surface area contributed by atoms with Crippen LogP contribution in [0.4, 0.5) is 5.69 Å². The first-order chi connectivity index (χ1) is 11.8.